The lowest BCUT2D eigenvalue weighted by atomic mass is 10.1. The molecular weight excluding hydrogens is 292 g/mol. The fourth-order valence-corrected chi connectivity index (χ4v) is 3.39. The molecule has 110 valence electrons. The molecule has 22 heavy (non-hydrogen) atoms. The number of fused-ring (bicyclic) bond motifs is 1. The summed E-state index contributed by atoms with van der Waals surface area (Å²) in [7, 11) is 0. The van der Waals surface area contributed by atoms with Crippen molar-refractivity contribution in [3.63, 3.8) is 0 Å². The Balaban J connectivity index is 1.83. The predicted molar refractivity (Wildman–Crippen MR) is 86.2 cm³/mol. The van der Waals surface area contributed by atoms with Crippen molar-refractivity contribution in [1.82, 2.24) is 9.97 Å². The molecule has 0 bridgehead atoms. The molecule has 0 unspecified atom stereocenters. The minimum Gasteiger partial charge on any atom is -0.233 e. The van der Waals surface area contributed by atoms with Crippen molar-refractivity contribution in [3.8, 4) is 12.1 Å². The van der Waals surface area contributed by atoms with Gasteiger partial charge in [0.15, 0.2) is 0 Å². The van der Waals surface area contributed by atoms with Crippen molar-refractivity contribution in [1.29, 1.82) is 10.5 Å². The normalized spacial score (nSPS) is 15.2. The van der Waals surface area contributed by atoms with Gasteiger partial charge in [0.1, 0.15) is 10.9 Å². The number of benzene rings is 1. The van der Waals surface area contributed by atoms with E-state index >= 15 is 0 Å². The molecule has 0 aliphatic heterocycles. The Labute approximate surface area is 134 Å². The highest BCUT2D eigenvalue weighted by atomic mass is 32.2. The van der Waals surface area contributed by atoms with Crippen molar-refractivity contribution in [3.05, 3.63) is 30.1 Å². The zero-order valence-electron chi connectivity index (χ0n) is 12.2. The fraction of sp³-hybridized carbons (Fsp3) is 0.412. The molecule has 0 N–H and O–H groups in total. The van der Waals surface area contributed by atoms with Crippen LogP contribution >= 0.6 is 11.8 Å². The van der Waals surface area contributed by atoms with Crippen LogP contribution < -0.4 is 0 Å². The second-order valence-corrected chi connectivity index (χ2v) is 6.52. The number of hydrogen-bond acceptors (Lipinski definition) is 5. The van der Waals surface area contributed by atoms with Crippen LogP contribution in [0.2, 0.25) is 0 Å². The highest BCUT2D eigenvalue weighted by Gasteiger charge is 2.27. The monoisotopic (exact) mass is 308 g/mol. The van der Waals surface area contributed by atoms with Crippen molar-refractivity contribution in [2.24, 2.45) is 5.92 Å². The maximum atomic E-state index is 9.19. The minimum atomic E-state index is -0.109. The van der Waals surface area contributed by atoms with E-state index in [0.29, 0.717) is 24.5 Å². The third-order valence-corrected chi connectivity index (χ3v) is 4.89. The lowest BCUT2D eigenvalue weighted by Crippen LogP contribution is -2.02. The molecule has 1 fully saturated rings. The van der Waals surface area contributed by atoms with Gasteiger partial charge in [-0.15, -0.1) is 11.8 Å². The van der Waals surface area contributed by atoms with Gasteiger partial charge in [-0.25, -0.2) is 9.97 Å². The highest BCUT2D eigenvalue weighted by molar-refractivity contribution is 7.99. The van der Waals surface area contributed by atoms with E-state index in [1.807, 2.05) is 24.3 Å². The van der Waals surface area contributed by atoms with Crippen LogP contribution in [0.25, 0.3) is 10.9 Å². The van der Waals surface area contributed by atoms with Gasteiger partial charge in [0.2, 0.25) is 0 Å². The van der Waals surface area contributed by atoms with Gasteiger partial charge in [-0.3, -0.25) is 0 Å². The molecule has 5 heteroatoms. The van der Waals surface area contributed by atoms with Gasteiger partial charge in [0.25, 0.3) is 0 Å². The summed E-state index contributed by atoms with van der Waals surface area (Å²) in [6.45, 7) is 0. The SMILES string of the molecule is N#CCC[C@H](C#N)CSc1nc(C2CC2)nc2ccccc12. The first kappa shape index (κ1) is 14.8. The quantitative estimate of drug-likeness (QED) is 0.594. The van der Waals surface area contributed by atoms with Crippen LogP contribution in [-0.2, 0) is 0 Å². The van der Waals surface area contributed by atoms with E-state index in [1.165, 1.54) is 12.8 Å². The molecule has 1 aromatic heterocycles. The van der Waals surface area contributed by atoms with Gasteiger partial charge in [-0.2, -0.15) is 10.5 Å². The van der Waals surface area contributed by atoms with E-state index in [1.54, 1.807) is 11.8 Å². The topological polar surface area (TPSA) is 73.4 Å². The van der Waals surface area contributed by atoms with Crippen LogP contribution in [0.1, 0.15) is 37.4 Å². The van der Waals surface area contributed by atoms with Gasteiger partial charge < -0.3 is 0 Å². The van der Waals surface area contributed by atoms with E-state index in [4.69, 9.17) is 10.2 Å². The first-order valence-electron chi connectivity index (χ1n) is 7.48. The molecule has 1 aliphatic carbocycles. The number of aromatic nitrogens is 2. The summed E-state index contributed by atoms with van der Waals surface area (Å²) in [6.07, 6.45) is 3.39. The van der Waals surface area contributed by atoms with Gasteiger partial charge in [-0.1, -0.05) is 18.2 Å². The fourth-order valence-electron chi connectivity index (χ4n) is 2.30. The first-order chi connectivity index (χ1) is 10.8. The number of para-hydroxylation sites is 1. The Hall–Kier alpha value is -2.11. The zero-order valence-corrected chi connectivity index (χ0v) is 13.0. The average Bonchev–Trinajstić information content (AvgIpc) is 3.39. The number of thioether (sulfide) groups is 1. The molecule has 1 saturated carbocycles. The van der Waals surface area contributed by atoms with Crippen LogP contribution in [0.5, 0.6) is 0 Å². The second kappa shape index (κ2) is 6.77. The van der Waals surface area contributed by atoms with Gasteiger partial charge in [-0.05, 0) is 25.3 Å². The number of nitriles is 2. The Kier molecular flexibility index (Phi) is 4.56. The third kappa shape index (κ3) is 3.37. The Morgan fingerprint density at radius 1 is 1.23 bits per heavy atom. The number of rotatable bonds is 6. The molecular formula is C17H16N4S. The molecule has 2 aromatic rings. The average molecular weight is 308 g/mol. The number of hydrogen-bond donors (Lipinski definition) is 0. The maximum absolute atomic E-state index is 9.19. The van der Waals surface area contributed by atoms with Crippen LogP contribution in [0.4, 0.5) is 0 Å². The molecule has 1 atom stereocenters. The number of nitrogens with zero attached hydrogens (tertiary/aromatic N) is 4. The lowest BCUT2D eigenvalue weighted by molar-refractivity contribution is 0.685. The molecule has 0 amide bonds. The van der Waals surface area contributed by atoms with Crippen molar-refractivity contribution >= 4 is 22.7 Å². The highest BCUT2D eigenvalue weighted by Crippen LogP contribution is 2.40. The summed E-state index contributed by atoms with van der Waals surface area (Å²) in [6, 6.07) is 12.4. The Morgan fingerprint density at radius 2 is 2.05 bits per heavy atom. The van der Waals surface area contributed by atoms with Gasteiger partial charge in [0.05, 0.1) is 23.6 Å². The van der Waals surface area contributed by atoms with Crippen LogP contribution in [0.3, 0.4) is 0 Å². The Bertz CT molecular complexity index is 755. The second-order valence-electron chi connectivity index (χ2n) is 5.51. The van der Waals surface area contributed by atoms with Crippen LogP contribution in [-0.4, -0.2) is 15.7 Å². The summed E-state index contributed by atoms with van der Waals surface area (Å²) in [5.74, 6) is 2.01. The van der Waals surface area contributed by atoms with E-state index in [2.05, 4.69) is 17.1 Å². The minimum absolute atomic E-state index is 0.109. The van der Waals surface area contributed by atoms with Gasteiger partial charge in [0, 0.05) is 23.5 Å². The van der Waals surface area contributed by atoms with Crippen molar-refractivity contribution in [2.75, 3.05) is 5.75 Å². The van der Waals surface area contributed by atoms with E-state index in [9.17, 15) is 5.26 Å². The van der Waals surface area contributed by atoms with Crippen molar-refractivity contribution < 1.29 is 0 Å². The smallest absolute Gasteiger partial charge is 0.133 e. The summed E-state index contributed by atoms with van der Waals surface area (Å²) < 4.78 is 0. The molecule has 4 nitrogen and oxygen atoms in total. The molecule has 1 aromatic carbocycles. The zero-order chi connectivity index (χ0) is 15.4. The molecule has 0 saturated heterocycles. The van der Waals surface area contributed by atoms with Crippen LogP contribution in [0.15, 0.2) is 29.3 Å². The standard InChI is InChI=1S/C17H16N4S/c18-9-3-4-12(10-19)11-22-17-14-5-1-2-6-15(14)20-16(21-17)13-7-8-13/h1-2,5-6,12-13H,3-4,7-8,11H2/t12-/m1/s1. The summed E-state index contributed by atoms with van der Waals surface area (Å²) >= 11 is 1.61. The van der Waals surface area contributed by atoms with Gasteiger partial charge >= 0.3 is 0 Å². The molecule has 0 radical (unpaired) electrons. The maximum Gasteiger partial charge on any atom is 0.133 e. The van der Waals surface area contributed by atoms with Crippen LogP contribution in [0, 0.1) is 28.6 Å². The summed E-state index contributed by atoms with van der Waals surface area (Å²) in [5, 5.41) is 19.9. The molecule has 1 aliphatic rings. The van der Waals surface area contributed by atoms with E-state index in [-0.39, 0.29) is 5.92 Å². The molecule has 0 spiro atoms. The third-order valence-electron chi connectivity index (χ3n) is 3.74. The summed E-state index contributed by atoms with van der Waals surface area (Å²) in [5.41, 5.74) is 0.979. The van der Waals surface area contributed by atoms with E-state index < -0.39 is 0 Å². The van der Waals surface area contributed by atoms with Crippen molar-refractivity contribution in [2.45, 2.75) is 36.6 Å². The largest absolute Gasteiger partial charge is 0.233 e. The Morgan fingerprint density at radius 3 is 2.77 bits per heavy atom. The lowest BCUT2D eigenvalue weighted by Gasteiger charge is -2.10. The first-order valence-corrected chi connectivity index (χ1v) is 8.46. The molecule has 3 rings (SSSR count). The molecule has 1 heterocycles. The predicted octanol–water partition coefficient (Wildman–Crippen LogP) is 4.04. The van der Waals surface area contributed by atoms with E-state index in [0.717, 1.165) is 21.8 Å². The summed E-state index contributed by atoms with van der Waals surface area (Å²) in [4.78, 5) is 9.39.